The number of fused-ring (bicyclic) bond motifs is 1. The van der Waals surface area contributed by atoms with Gasteiger partial charge < -0.3 is 5.11 Å². The van der Waals surface area contributed by atoms with Gasteiger partial charge in [0.15, 0.2) is 0 Å². The Labute approximate surface area is 134 Å². The molecule has 0 unspecified atom stereocenters. The summed E-state index contributed by atoms with van der Waals surface area (Å²) in [6, 6.07) is 9.79. The van der Waals surface area contributed by atoms with Gasteiger partial charge in [-0.25, -0.2) is 0 Å². The number of nitrogens with zero attached hydrogens (tertiary/aromatic N) is 2. The Morgan fingerprint density at radius 1 is 1.09 bits per heavy atom. The summed E-state index contributed by atoms with van der Waals surface area (Å²) < 4.78 is 0. The fourth-order valence-electron chi connectivity index (χ4n) is 3.72. The Balaban J connectivity index is 1.50. The van der Waals surface area contributed by atoms with Crippen molar-refractivity contribution in [3.05, 3.63) is 35.4 Å². The minimum absolute atomic E-state index is 0.570. The van der Waals surface area contributed by atoms with E-state index in [0.29, 0.717) is 0 Å². The van der Waals surface area contributed by atoms with Crippen LogP contribution in [0.15, 0.2) is 24.3 Å². The van der Waals surface area contributed by atoms with Gasteiger partial charge in [0, 0.05) is 32.2 Å². The molecule has 2 saturated heterocycles. The highest BCUT2D eigenvalue weighted by molar-refractivity contribution is 5.23. The van der Waals surface area contributed by atoms with Crippen LogP contribution in [-0.4, -0.2) is 52.7 Å². The van der Waals surface area contributed by atoms with E-state index in [-0.39, 0.29) is 0 Å². The van der Waals surface area contributed by atoms with Crippen molar-refractivity contribution in [2.24, 2.45) is 0 Å². The van der Waals surface area contributed by atoms with Gasteiger partial charge in [0.25, 0.3) is 0 Å². The standard InChI is InChI=1S/C19H30N2O/c1-19(2,22)10-9-16-5-7-17(8-6-16)14-20-12-13-21-11-3-4-18(21)15-20/h5-8,18,22H,3-4,9-15H2,1-2H3/t18-/m0/s1. The minimum Gasteiger partial charge on any atom is -0.390 e. The summed E-state index contributed by atoms with van der Waals surface area (Å²) in [7, 11) is 0. The SMILES string of the molecule is CC(C)(O)CCc1ccc(CN2CCN3CCC[C@H]3C2)cc1. The Morgan fingerprint density at radius 2 is 1.82 bits per heavy atom. The average molecular weight is 302 g/mol. The minimum atomic E-state index is -0.570. The van der Waals surface area contributed by atoms with Crippen molar-refractivity contribution in [3.8, 4) is 0 Å². The molecule has 2 aliphatic rings. The molecule has 1 aromatic carbocycles. The Bertz CT molecular complexity index is 477. The maximum atomic E-state index is 9.81. The van der Waals surface area contributed by atoms with E-state index in [1.54, 1.807) is 0 Å². The van der Waals surface area contributed by atoms with Crippen LogP contribution in [-0.2, 0) is 13.0 Å². The fourth-order valence-corrected chi connectivity index (χ4v) is 3.72. The molecule has 3 heteroatoms. The quantitative estimate of drug-likeness (QED) is 0.906. The zero-order valence-electron chi connectivity index (χ0n) is 14.1. The molecule has 0 spiro atoms. The maximum Gasteiger partial charge on any atom is 0.0594 e. The van der Waals surface area contributed by atoms with Crippen LogP contribution in [0.25, 0.3) is 0 Å². The molecule has 22 heavy (non-hydrogen) atoms. The molecule has 2 heterocycles. The van der Waals surface area contributed by atoms with Crippen molar-refractivity contribution >= 4 is 0 Å². The summed E-state index contributed by atoms with van der Waals surface area (Å²) in [4.78, 5) is 5.27. The van der Waals surface area contributed by atoms with Crippen LogP contribution in [0.4, 0.5) is 0 Å². The number of hydrogen-bond donors (Lipinski definition) is 1. The molecule has 3 nitrogen and oxygen atoms in total. The zero-order valence-corrected chi connectivity index (χ0v) is 14.1. The van der Waals surface area contributed by atoms with E-state index in [1.807, 2.05) is 13.8 Å². The van der Waals surface area contributed by atoms with Crippen molar-refractivity contribution in [1.29, 1.82) is 0 Å². The third-order valence-electron chi connectivity index (χ3n) is 5.13. The molecule has 0 saturated carbocycles. The molecule has 2 fully saturated rings. The lowest BCUT2D eigenvalue weighted by Crippen LogP contribution is -2.49. The number of piperazine rings is 1. The molecule has 0 bridgehead atoms. The molecular formula is C19H30N2O. The van der Waals surface area contributed by atoms with Crippen LogP contribution in [0.1, 0.15) is 44.2 Å². The van der Waals surface area contributed by atoms with E-state index in [1.165, 1.54) is 50.1 Å². The fraction of sp³-hybridized carbons (Fsp3) is 0.684. The van der Waals surface area contributed by atoms with E-state index in [4.69, 9.17) is 0 Å². The van der Waals surface area contributed by atoms with Crippen LogP contribution in [0.5, 0.6) is 0 Å². The molecule has 1 aromatic rings. The highest BCUT2D eigenvalue weighted by Gasteiger charge is 2.30. The number of aliphatic hydroxyl groups is 1. The first-order valence-electron chi connectivity index (χ1n) is 8.76. The molecular weight excluding hydrogens is 272 g/mol. The first-order chi connectivity index (χ1) is 10.5. The molecule has 0 aromatic heterocycles. The summed E-state index contributed by atoms with van der Waals surface area (Å²) in [5, 5.41) is 9.81. The number of benzene rings is 1. The summed E-state index contributed by atoms with van der Waals surface area (Å²) >= 11 is 0. The second kappa shape index (κ2) is 6.69. The zero-order chi connectivity index (χ0) is 15.6. The molecule has 1 N–H and O–H groups in total. The smallest absolute Gasteiger partial charge is 0.0594 e. The normalized spacial score (nSPS) is 23.7. The molecule has 2 aliphatic heterocycles. The monoisotopic (exact) mass is 302 g/mol. The molecule has 0 radical (unpaired) electrons. The van der Waals surface area contributed by atoms with E-state index in [0.717, 1.165) is 25.4 Å². The Morgan fingerprint density at radius 3 is 2.55 bits per heavy atom. The number of rotatable bonds is 5. The number of aryl methyl sites for hydroxylation is 1. The topological polar surface area (TPSA) is 26.7 Å². The van der Waals surface area contributed by atoms with Gasteiger partial charge in [0.1, 0.15) is 0 Å². The van der Waals surface area contributed by atoms with Crippen molar-refractivity contribution in [2.45, 2.75) is 57.7 Å². The third kappa shape index (κ3) is 4.31. The van der Waals surface area contributed by atoms with E-state index >= 15 is 0 Å². The van der Waals surface area contributed by atoms with Crippen molar-refractivity contribution in [1.82, 2.24) is 9.80 Å². The second-order valence-electron chi connectivity index (χ2n) is 7.70. The molecule has 122 valence electrons. The average Bonchev–Trinajstić information content (AvgIpc) is 2.93. The summed E-state index contributed by atoms with van der Waals surface area (Å²) in [5.41, 5.74) is 2.17. The summed E-state index contributed by atoms with van der Waals surface area (Å²) in [5.74, 6) is 0. The van der Waals surface area contributed by atoms with Gasteiger partial charge in [-0.15, -0.1) is 0 Å². The largest absolute Gasteiger partial charge is 0.390 e. The van der Waals surface area contributed by atoms with Crippen LogP contribution in [0.3, 0.4) is 0 Å². The molecule has 0 aliphatic carbocycles. The number of hydrogen-bond acceptors (Lipinski definition) is 3. The molecule has 1 atom stereocenters. The van der Waals surface area contributed by atoms with Gasteiger partial charge in [-0.3, -0.25) is 9.80 Å². The van der Waals surface area contributed by atoms with E-state index < -0.39 is 5.60 Å². The first kappa shape index (κ1) is 16.0. The molecule has 0 amide bonds. The van der Waals surface area contributed by atoms with Gasteiger partial charge in [-0.05, 0) is 57.2 Å². The van der Waals surface area contributed by atoms with Crippen molar-refractivity contribution in [3.63, 3.8) is 0 Å². The van der Waals surface area contributed by atoms with Crippen LogP contribution in [0.2, 0.25) is 0 Å². The lowest BCUT2D eigenvalue weighted by Gasteiger charge is -2.37. The van der Waals surface area contributed by atoms with Crippen molar-refractivity contribution < 1.29 is 5.11 Å². The van der Waals surface area contributed by atoms with Crippen LogP contribution in [0, 0.1) is 0 Å². The van der Waals surface area contributed by atoms with Gasteiger partial charge in [-0.2, -0.15) is 0 Å². The first-order valence-corrected chi connectivity index (χ1v) is 8.76. The Kier molecular flexibility index (Phi) is 4.86. The predicted octanol–water partition coefficient (Wildman–Crippen LogP) is 2.67. The van der Waals surface area contributed by atoms with E-state index in [2.05, 4.69) is 34.1 Å². The third-order valence-corrected chi connectivity index (χ3v) is 5.13. The van der Waals surface area contributed by atoms with Gasteiger partial charge >= 0.3 is 0 Å². The van der Waals surface area contributed by atoms with Gasteiger partial charge in [-0.1, -0.05) is 24.3 Å². The van der Waals surface area contributed by atoms with Crippen LogP contribution < -0.4 is 0 Å². The second-order valence-corrected chi connectivity index (χ2v) is 7.70. The van der Waals surface area contributed by atoms with Crippen LogP contribution >= 0.6 is 0 Å². The van der Waals surface area contributed by atoms with Gasteiger partial charge in [0.2, 0.25) is 0 Å². The predicted molar refractivity (Wildman–Crippen MR) is 90.9 cm³/mol. The van der Waals surface area contributed by atoms with Gasteiger partial charge in [0.05, 0.1) is 5.60 Å². The van der Waals surface area contributed by atoms with Crippen molar-refractivity contribution in [2.75, 3.05) is 26.2 Å². The molecule has 3 rings (SSSR count). The lowest BCUT2D eigenvalue weighted by atomic mass is 9.98. The highest BCUT2D eigenvalue weighted by Crippen LogP contribution is 2.22. The summed E-state index contributed by atoms with van der Waals surface area (Å²) in [6.07, 6.45) is 4.53. The Hall–Kier alpha value is -0.900. The maximum absolute atomic E-state index is 9.81. The highest BCUT2D eigenvalue weighted by atomic mass is 16.3. The summed E-state index contributed by atoms with van der Waals surface area (Å²) in [6.45, 7) is 9.84. The van der Waals surface area contributed by atoms with E-state index in [9.17, 15) is 5.11 Å². The lowest BCUT2D eigenvalue weighted by molar-refractivity contribution is 0.0714.